The number of anilines is 3. The summed E-state index contributed by atoms with van der Waals surface area (Å²) in [5.41, 5.74) is 4.79. The number of fused-ring (bicyclic) bond motifs is 2. The molecule has 0 N–H and O–H groups in total. The van der Waals surface area contributed by atoms with Crippen molar-refractivity contribution in [1.29, 1.82) is 0 Å². The zero-order valence-corrected chi connectivity index (χ0v) is 22.9. The van der Waals surface area contributed by atoms with Crippen LogP contribution >= 0.6 is 0 Å². The number of hydrogen-bond donors (Lipinski definition) is 0. The Kier molecular flexibility index (Phi) is 5.99. The van der Waals surface area contributed by atoms with Crippen LogP contribution < -0.4 is 25.6 Å². The standard InChI is InChI=1S/C37H27NOSi/c39-37(28-14-4-1-5-15-28)29-24-26-30(27-25-29)38-33-20-10-12-22-35(33)40(31-16-6-2-7-17-31,32-18-8-3-9-19-32)36-23-13-11-21-34(36)38/h1-27H. The fourth-order valence-electron chi connectivity index (χ4n) is 6.21. The predicted molar refractivity (Wildman–Crippen MR) is 168 cm³/mol. The van der Waals surface area contributed by atoms with Gasteiger partial charge in [0.25, 0.3) is 0 Å². The third-order valence-corrected chi connectivity index (χ3v) is 12.8. The summed E-state index contributed by atoms with van der Waals surface area (Å²) < 4.78 is 0. The molecule has 3 heteroatoms. The number of benzene rings is 6. The normalized spacial score (nSPS) is 13.2. The van der Waals surface area contributed by atoms with E-state index < -0.39 is 8.07 Å². The summed E-state index contributed by atoms with van der Waals surface area (Å²) in [6.45, 7) is 0. The Bertz CT molecular complexity index is 1710. The van der Waals surface area contributed by atoms with Crippen molar-refractivity contribution in [2.75, 3.05) is 4.90 Å². The first kappa shape index (κ1) is 24.1. The first-order chi connectivity index (χ1) is 19.8. The smallest absolute Gasteiger partial charge is 0.193 e. The van der Waals surface area contributed by atoms with Crippen molar-refractivity contribution in [2.24, 2.45) is 0 Å². The van der Waals surface area contributed by atoms with Gasteiger partial charge in [0.2, 0.25) is 0 Å². The molecule has 1 aliphatic heterocycles. The van der Waals surface area contributed by atoms with Gasteiger partial charge in [0.15, 0.2) is 13.9 Å². The van der Waals surface area contributed by atoms with Gasteiger partial charge in [-0.3, -0.25) is 4.79 Å². The molecule has 0 aromatic heterocycles. The van der Waals surface area contributed by atoms with Crippen LogP contribution in [0.5, 0.6) is 0 Å². The van der Waals surface area contributed by atoms with Crippen molar-refractivity contribution in [2.45, 2.75) is 0 Å². The predicted octanol–water partition coefficient (Wildman–Crippen LogP) is 6.08. The lowest BCUT2D eigenvalue weighted by molar-refractivity contribution is 0.103. The summed E-state index contributed by atoms with van der Waals surface area (Å²) in [6, 6.07) is 57.2. The fraction of sp³-hybridized carbons (Fsp3) is 0. The van der Waals surface area contributed by atoms with Crippen LogP contribution in [0.15, 0.2) is 164 Å². The van der Waals surface area contributed by atoms with Gasteiger partial charge >= 0.3 is 0 Å². The molecular formula is C37H27NOSi. The molecule has 0 spiro atoms. The fourth-order valence-corrected chi connectivity index (χ4v) is 11.3. The van der Waals surface area contributed by atoms with Gasteiger partial charge in [-0.1, -0.05) is 127 Å². The molecule has 0 unspecified atom stereocenters. The Morgan fingerprint density at radius 3 is 1.32 bits per heavy atom. The van der Waals surface area contributed by atoms with Crippen LogP contribution in [-0.2, 0) is 0 Å². The maximum absolute atomic E-state index is 13.1. The number of nitrogens with zero attached hydrogens (tertiary/aromatic N) is 1. The molecule has 6 aromatic rings. The molecule has 0 radical (unpaired) electrons. The van der Waals surface area contributed by atoms with E-state index in [1.54, 1.807) is 0 Å². The summed E-state index contributed by atoms with van der Waals surface area (Å²) >= 11 is 0. The third kappa shape index (κ3) is 3.75. The first-order valence-corrected chi connectivity index (χ1v) is 15.6. The first-order valence-electron chi connectivity index (χ1n) is 13.6. The van der Waals surface area contributed by atoms with Crippen LogP contribution in [-0.4, -0.2) is 13.9 Å². The molecule has 0 amide bonds. The zero-order chi connectivity index (χ0) is 26.9. The Balaban J connectivity index is 1.45. The van der Waals surface area contributed by atoms with Gasteiger partial charge in [-0.25, -0.2) is 0 Å². The Labute approximate surface area is 235 Å². The van der Waals surface area contributed by atoms with E-state index in [1.165, 1.54) is 32.1 Å². The highest BCUT2D eigenvalue weighted by atomic mass is 28.3. The van der Waals surface area contributed by atoms with Gasteiger partial charge in [0.05, 0.1) is 0 Å². The molecule has 0 saturated carbocycles. The molecule has 6 aromatic carbocycles. The summed E-state index contributed by atoms with van der Waals surface area (Å²) in [7, 11) is -2.62. The van der Waals surface area contributed by atoms with Crippen molar-refractivity contribution >= 4 is 51.7 Å². The van der Waals surface area contributed by atoms with Gasteiger partial charge in [0.1, 0.15) is 0 Å². The SMILES string of the molecule is O=C(c1ccccc1)c1ccc(N2c3ccccc3[Si](c3ccccc3)(c3ccccc3)c3ccccc32)cc1. The average molecular weight is 530 g/mol. The minimum atomic E-state index is -2.62. The lowest BCUT2D eigenvalue weighted by Crippen LogP contribution is -2.77. The van der Waals surface area contributed by atoms with Crippen molar-refractivity contribution in [3.8, 4) is 0 Å². The third-order valence-electron chi connectivity index (χ3n) is 7.94. The Morgan fingerprint density at radius 2 is 0.825 bits per heavy atom. The second kappa shape index (κ2) is 9.95. The topological polar surface area (TPSA) is 20.3 Å². The molecule has 0 saturated heterocycles. The van der Waals surface area contributed by atoms with Crippen LogP contribution in [0.25, 0.3) is 0 Å². The number of ketones is 1. The van der Waals surface area contributed by atoms with Crippen molar-refractivity contribution in [1.82, 2.24) is 0 Å². The second-order valence-electron chi connectivity index (χ2n) is 10.1. The highest BCUT2D eigenvalue weighted by Crippen LogP contribution is 2.38. The maximum Gasteiger partial charge on any atom is 0.193 e. The lowest BCUT2D eigenvalue weighted by Gasteiger charge is -2.45. The number of rotatable bonds is 5. The number of carbonyl (C=O) groups is 1. The van der Waals surface area contributed by atoms with E-state index in [1.807, 2.05) is 42.5 Å². The maximum atomic E-state index is 13.1. The molecule has 0 atom stereocenters. The van der Waals surface area contributed by atoms with Crippen LogP contribution in [0.4, 0.5) is 17.1 Å². The number of para-hydroxylation sites is 2. The summed E-state index contributed by atoms with van der Waals surface area (Å²) in [4.78, 5) is 15.5. The summed E-state index contributed by atoms with van der Waals surface area (Å²) in [5, 5.41) is 5.44. The largest absolute Gasteiger partial charge is 0.311 e. The molecule has 1 heterocycles. The van der Waals surface area contributed by atoms with Crippen LogP contribution in [0.1, 0.15) is 15.9 Å². The Morgan fingerprint density at radius 1 is 0.425 bits per heavy atom. The molecule has 2 nitrogen and oxygen atoms in total. The van der Waals surface area contributed by atoms with Gasteiger partial charge in [-0.05, 0) is 57.1 Å². The molecule has 0 fully saturated rings. The van der Waals surface area contributed by atoms with E-state index in [0.29, 0.717) is 11.1 Å². The minimum absolute atomic E-state index is 0.0335. The highest BCUT2D eigenvalue weighted by Gasteiger charge is 2.48. The van der Waals surface area contributed by atoms with E-state index >= 15 is 0 Å². The average Bonchev–Trinajstić information content (AvgIpc) is 3.04. The van der Waals surface area contributed by atoms with E-state index in [9.17, 15) is 4.79 Å². The van der Waals surface area contributed by atoms with E-state index in [2.05, 4.69) is 126 Å². The van der Waals surface area contributed by atoms with Crippen molar-refractivity contribution < 1.29 is 4.79 Å². The molecule has 0 aliphatic carbocycles. The van der Waals surface area contributed by atoms with Gasteiger partial charge in [0, 0.05) is 28.2 Å². The summed E-state index contributed by atoms with van der Waals surface area (Å²) in [5.74, 6) is 0.0335. The number of carbonyl (C=O) groups excluding carboxylic acids is 1. The second-order valence-corrected chi connectivity index (χ2v) is 13.8. The van der Waals surface area contributed by atoms with Crippen molar-refractivity contribution in [3.05, 3.63) is 175 Å². The molecule has 0 bridgehead atoms. The van der Waals surface area contributed by atoms with Gasteiger partial charge in [-0.15, -0.1) is 0 Å². The Hall–Kier alpha value is -4.99. The molecule has 7 rings (SSSR count). The van der Waals surface area contributed by atoms with Gasteiger partial charge < -0.3 is 4.90 Å². The molecule has 1 aliphatic rings. The molecule has 190 valence electrons. The van der Waals surface area contributed by atoms with Crippen molar-refractivity contribution in [3.63, 3.8) is 0 Å². The minimum Gasteiger partial charge on any atom is -0.311 e. The van der Waals surface area contributed by atoms with Crippen LogP contribution in [0.3, 0.4) is 0 Å². The van der Waals surface area contributed by atoms with E-state index in [4.69, 9.17) is 0 Å². The van der Waals surface area contributed by atoms with Crippen LogP contribution in [0, 0.1) is 0 Å². The van der Waals surface area contributed by atoms with E-state index in [0.717, 1.165) is 5.69 Å². The highest BCUT2D eigenvalue weighted by molar-refractivity contribution is 7.21. The molecule has 40 heavy (non-hydrogen) atoms. The summed E-state index contributed by atoms with van der Waals surface area (Å²) in [6.07, 6.45) is 0. The van der Waals surface area contributed by atoms with Gasteiger partial charge in [-0.2, -0.15) is 0 Å². The van der Waals surface area contributed by atoms with E-state index in [-0.39, 0.29) is 5.78 Å². The lowest BCUT2D eigenvalue weighted by atomic mass is 10.0. The monoisotopic (exact) mass is 529 g/mol. The quantitative estimate of drug-likeness (QED) is 0.199. The van der Waals surface area contributed by atoms with Crippen LogP contribution in [0.2, 0.25) is 0 Å². The zero-order valence-electron chi connectivity index (χ0n) is 21.9. The molecular weight excluding hydrogens is 502 g/mol. The number of hydrogen-bond acceptors (Lipinski definition) is 2.